The fraction of sp³-hybridized carbons (Fsp3) is 0.176. The van der Waals surface area contributed by atoms with E-state index in [0.29, 0.717) is 16.3 Å². The zero-order valence-corrected chi connectivity index (χ0v) is 14.0. The van der Waals surface area contributed by atoms with Crippen molar-refractivity contribution in [2.75, 3.05) is 0 Å². The summed E-state index contributed by atoms with van der Waals surface area (Å²) >= 11 is 11.8. The van der Waals surface area contributed by atoms with Gasteiger partial charge >= 0.3 is 5.97 Å². The summed E-state index contributed by atoms with van der Waals surface area (Å²) in [5, 5.41) is 0.464. The van der Waals surface area contributed by atoms with E-state index in [2.05, 4.69) is 0 Å². The number of hydrogen-bond donors (Lipinski definition) is 0. The lowest BCUT2D eigenvalue weighted by Crippen LogP contribution is -2.28. The van der Waals surface area contributed by atoms with E-state index in [1.165, 1.54) is 6.92 Å². The van der Waals surface area contributed by atoms with Crippen LogP contribution < -0.4 is 9.47 Å². The molecule has 23 heavy (non-hydrogen) atoms. The van der Waals surface area contributed by atoms with Gasteiger partial charge in [0.1, 0.15) is 10.8 Å². The number of halogens is 2. The largest absolute Gasteiger partial charge is 0.479 e. The highest BCUT2D eigenvalue weighted by molar-refractivity contribution is 6.43. The standard InChI is InChI=1S/C17H14Cl2O4/c1-10(20)12-6-8-13(9-7-12)22-11(2)17(21)23-15-5-3-4-14(18)16(15)19/h3-9,11H,1-2H3/t11-/m0/s1. The second-order valence-electron chi connectivity index (χ2n) is 4.81. The minimum Gasteiger partial charge on any atom is -0.479 e. The van der Waals surface area contributed by atoms with Crippen LogP contribution in [0.2, 0.25) is 10.0 Å². The van der Waals surface area contributed by atoms with Crippen molar-refractivity contribution >= 4 is 35.0 Å². The Bertz CT molecular complexity index is 726. The lowest BCUT2D eigenvalue weighted by atomic mass is 10.1. The number of carbonyl (C=O) groups excluding carboxylic acids is 2. The van der Waals surface area contributed by atoms with E-state index in [-0.39, 0.29) is 16.6 Å². The van der Waals surface area contributed by atoms with E-state index < -0.39 is 12.1 Å². The quantitative estimate of drug-likeness (QED) is 0.449. The molecule has 4 nitrogen and oxygen atoms in total. The highest BCUT2D eigenvalue weighted by atomic mass is 35.5. The maximum Gasteiger partial charge on any atom is 0.352 e. The molecule has 0 spiro atoms. The molecule has 6 heteroatoms. The number of benzene rings is 2. The van der Waals surface area contributed by atoms with E-state index in [0.717, 1.165) is 0 Å². The smallest absolute Gasteiger partial charge is 0.352 e. The Hall–Kier alpha value is -2.04. The fourth-order valence-corrected chi connectivity index (χ4v) is 2.11. The summed E-state index contributed by atoms with van der Waals surface area (Å²) < 4.78 is 10.7. The number of ketones is 1. The van der Waals surface area contributed by atoms with Crippen molar-refractivity contribution in [2.45, 2.75) is 20.0 Å². The first-order valence-electron chi connectivity index (χ1n) is 6.82. The van der Waals surface area contributed by atoms with Crippen LogP contribution in [0.5, 0.6) is 11.5 Å². The van der Waals surface area contributed by atoms with Crippen LogP contribution in [-0.4, -0.2) is 17.9 Å². The number of ether oxygens (including phenoxy) is 2. The molecule has 0 saturated heterocycles. The third-order valence-corrected chi connectivity index (χ3v) is 3.83. The van der Waals surface area contributed by atoms with Gasteiger partial charge in [0.2, 0.25) is 0 Å². The van der Waals surface area contributed by atoms with Crippen molar-refractivity contribution in [1.82, 2.24) is 0 Å². The predicted octanol–water partition coefficient (Wildman–Crippen LogP) is 4.57. The molecule has 0 bridgehead atoms. The summed E-state index contributed by atoms with van der Waals surface area (Å²) in [7, 11) is 0. The zero-order chi connectivity index (χ0) is 17.0. The van der Waals surface area contributed by atoms with E-state index in [4.69, 9.17) is 32.7 Å². The van der Waals surface area contributed by atoms with Gasteiger partial charge in [0.05, 0.1) is 5.02 Å². The Morgan fingerprint density at radius 1 is 1.04 bits per heavy atom. The molecule has 0 saturated carbocycles. The minimum atomic E-state index is -0.853. The van der Waals surface area contributed by atoms with Crippen molar-refractivity contribution in [3.05, 3.63) is 58.1 Å². The van der Waals surface area contributed by atoms with Crippen LogP contribution in [0.25, 0.3) is 0 Å². The molecule has 120 valence electrons. The Labute approximate surface area is 143 Å². The minimum absolute atomic E-state index is 0.0420. The SMILES string of the molecule is CC(=O)c1ccc(O[C@@H](C)C(=O)Oc2cccc(Cl)c2Cl)cc1. The number of Topliss-reactive ketones (excluding diaryl/α,β-unsaturated/α-hetero) is 1. The molecular formula is C17H14Cl2O4. The van der Waals surface area contributed by atoms with Gasteiger partial charge in [-0.05, 0) is 50.2 Å². The normalized spacial score (nSPS) is 11.7. The zero-order valence-electron chi connectivity index (χ0n) is 12.5. The third-order valence-electron chi connectivity index (χ3n) is 3.03. The topological polar surface area (TPSA) is 52.6 Å². The second kappa shape index (κ2) is 7.49. The molecule has 0 N–H and O–H groups in total. The van der Waals surface area contributed by atoms with Gasteiger partial charge in [-0.3, -0.25) is 4.79 Å². The predicted molar refractivity (Wildman–Crippen MR) is 88.6 cm³/mol. The first-order valence-corrected chi connectivity index (χ1v) is 7.57. The van der Waals surface area contributed by atoms with Gasteiger partial charge in [0.25, 0.3) is 0 Å². The number of esters is 1. The van der Waals surface area contributed by atoms with E-state index in [1.54, 1.807) is 49.4 Å². The molecule has 0 heterocycles. The summed E-state index contributed by atoms with van der Waals surface area (Å²) in [6.45, 7) is 3.03. The average molecular weight is 353 g/mol. The first kappa shape index (κ1) is 17.3. The van der Waals surface area contributed by atoms with E-state index in [9.17, 15) is 9.59 Å². The van der Waals surface area contributed by atoms with Gasteiger partial charge in [0.15, 0.2) is 17.6 Å². The Kier molecular flexibility index (Phi) is 5.64. The van der Waals surface area contributed by atoms with Crippen LogP contribution in [0.4, 0.5) is 0 Å². The Morgan fingerprint density at radius 3 is 2.30 bits per heavy atom. The Morgan fingerprint density at radius 2 is 1.70 bits per heavy atom. The van der Waals surface area contributed by atoms with Gasteiger partial charge in [0, 0.05) is 5.56 Å². The number of rotatable bonds is 5. The lowest BCUT2D eigenvalue weighted by molar-refractivity contribution is -0.141. The lowest BCUT2D eigenvalue weighted by Gasteiger charge is -2.14. The fourth-order valence-electron chi connectivity index (χ4n) is 1.77. The molecule has 0 aromatic heterocycles. The molecular weight excluding hydrogens is 339 g/mol. The van der Waals surface area contributed by atoms with Gasteiger partial charge in [-0.1, -0.05) is 29.3 Å². The molecule has 2 aromatic carbocycles. The van der Waals surface area contributed by atoms with Crippen molar-refractivity contribution in [2.24, 2.45) is 0 Å². The van der Waals surface area contributed by atoms with Crippen molar-refractivity contribution in [1.29, 1.82) is 0 Å². The van der Waals surface area contributed by atoms with E-state index >= 15 is 0 Å². The molecule has 0 fully saturated rings. The third kappa shape index (κ3) is 4.47. The van der Waals surface area contributed by atoms with Crippen LogP contribution in [0.3, 0.4) is 0 Å². The summed E-state index contributed by atoms with van der Waals surface area (Å²) in [5.41, 5.74) is 0.568. The summed E-state index contributed by atoms with van der Waals surface area (Å²) in [5.74, 6) is -0.0207. The van der Waals surface area contributed by atoms with Crippen LogP contribution in [0.1, 0.15) is 24.2 Å². The van der Waals surface area contributed by atoms with Gasteiger partial charge in [-0.25, -0.2) is 4.79 Å². The van der Waals surface area contributed by atoms with Gasteiger partial charge < -0.3 is 9.47 Å². The first-order chi connectivity index (χ1) is 10.9. The van der Waals surface area contributed by atoms with Gasteiger partial charge in [-0.15, -0.1) is 0 Å². The molecule has 0 radical (unpaired) electrons. The monoisotopic (exact) mass is 352 g/mol. The summed E-state index contributed by atoms with van der Waals surface area (Å²) in [4.78, 5) is 23.3. The number of carbonyl (C=O) groups is 2. The molecule has 2 rings (SSSR count). The maximum atomic E-state index is 12.1. The molecule has 0 amide bonds. The van der Waals surface area contributed by atoms with Crippen molar-refractivity contribution in [3.8, 4) is 11.5 Å². The van der Waals surface area contributed by atoms with Crippen LogP contribution in [-0.2, 0) is 4.79 Å². The highest BCUT2D eigenvalue weighted by Gasteiger charge is 2.19. The molecule has 0 aliphatic carbocycles. The summed E-state index contributed by atoms with van der Waals surface area (Å²) in [6, 6.07) is 11.3. The van der Waals surface area contributed by atoms with Crippen LogP contribution in [0, 0.1) is 0 Å². The van der Waals surface area contributed by atoms with Crippen LogP contribution in [0.15, 0.2) is 42.5 Å². The summed E-state index contributed by atoms with van der Waals surface area (Å²) in [6.07, 6.45) is -0.853. The molecule has 1 atom stereocenters. The number of hydrogen-bond acceptors (Lipinski definition) is 4. The van der Waals surface area contributed by atoms with Gasteiger partial charge in [-0.2, -0.15) is 0 Å². The molecule has 0 unspecified atom stereocenters. The molecule has 0 aliphatic rings. The second-order valence-corrected chi connectivity index (χ2v) is 5.60. The van der Waals surface area contributed by atoms with Crippen molar-refractivity contribution < 1.29 is 19.1 Å². The molecule has 0 aliphatic heterocycles. The van der Waals surface area contributed by atoms with Crippen LogP contribution >= 0.6 is 23.2 Å². The Balaban J connectivity index is 2.02. The highest BCUT2D eigenvalue weighted by Crippen LogP contribution is 2.31. The average Bonchev–Trinajstić information content (AvgIpc) is 2.52. The maximum absolute atomic E-state index is 12.1. The molecule has 2 aromatic rings. The van der Waals surface area contributed by atoms with E-state index in [1.807, 2.05) is 0 Å². The van der Waals surface area contributed by atoms with Crippen molar-refractivity contribution in [3.63, 3.8) is 0 Å².